The Morgan fingerprint density at radius 1 is 1.04 bits per heavy atom. The molecule has 4 heteroatoms. The fraction of sp³-hybridized carbons (Fsp3) is 0.250. The lowest BCUT2D eigenvalue weighted by molar-refractivity contribution is 0.677. The van der Waals surface area contributed by atoms with Crippen molar-refractivity contribution in [1.82, 2.24) is 4.98 Å². The SMILES string of the molecule is Cc1ccc(-c2nc(SCc3ccccc3Cl)c(C#N)c3c2CCCC3)cc1. The zero-order chi connectivity index (χ0) is 19.5. The first-order valence-corrected chi connectivity index (χ1v) is 10.9. The third-order valence-electron chi connectivity index (χ3n) is 5.24. The number of aryl methyl sites for hydroxylation is 1. The van der Waals surface area contributed by atoms with Gasteiger partial charge in [-0.1, -0.05) is 59.6 Å². The van der Waals surface area contributed by atoms with Crippen LogP contribution in [0, 0.1) is 18.3 Å². The van der Waals surface area contributed by atoms with Crippen LogP contribution in [0.5, 0.6) is 0 Å². The molecule has 28 heavy (non-hydrogen) atoms. The van der Waals surface area contributed by atoms with Gasteiger partial charge in [0.15, 0.2) is 0 Å². The predicted octanol–water partition coefficient (Wildman–Crippen LogP) is 6.75. The molecule has 140 valence electrons. The molecule has 3 aromatic rings. The maximum absolute atomic E-state index is 9.89. The third kappa shape index (κ3) is 3.81. The Morgan fingerprint density at radius 3 is 2.46 bits per heavy atom. The molecule has 0 saturated carbocycles. The number of rotatable bonds is 4. The van der Waals surface area contributed by atoms with Gasteiger partial charge in [-0.3, -0.25) is 0 Å². The molecule has 1 heterocycles. The molecule has 0 bridgehead atoms. The largest absolute Gasteiger partial charge is 0.240 e. The lowest BCUT2D eigenvalue weighted by Gasteiger charge is -2.22. The molecule has 1 aromatic heterocycles. The van der Waals surface area contributed by atoms with Crippen molar-refractivity contribution in [1.29, 1.82) is 5.26 Å². The molecule has 0 saturated heterocycles. The lowest BCUT2D eigenvalue weighted by atomic mass is 9.86. The molecule has 0 radical (unpaired) electrons. The molecule has 2 aromatic carbocycles. The average Bonchev–Trinajstić information content (AvgIpc) is 2.73. The van der Waals surface area contributed by atoms with E-state index in [9.17, 15) is 5.26 Å². The number of hydrogen-bond donors (Lipinski definition) is 0. The summed E-state index contributed by atoms with van der Waals surface area (Å²) in [6.45, 7) is 2.09. The Balaban J connectivity index is 1.79. The number of fused-ring (bicyclic) bond motifs is 1. The van der Waals surface area contributed by atoms with Gasteiger partial charge in [0.25, 0.3) is 0 Å². The fourth-order valence-corrected chi connectivity index (χ4v) is 5.02. The number of aromatic nitrogens is 1. The van der Waals surface area contributed by atoms with Crippen LogP contribution in [-0.2, 0) is 18.6 Å². The zero-order valence-electron chi connectivity index (χ0n) is 15.8. The van der Waals surface area contributed by atoms with E-state index in [0.717, 1.165) is 58.1 Å². The maximum Gasteiger partial charge on any atom is 0.115 e. The van der Waals surface area contributed by atoms with E-state index >= 15 is 0 Å². The molecule has 4 rings (SSSR count). The van der Waals surface area contributed by atoms with Crippen LogP contribution in [0.25, 0.3) is 11.3 Å². The highest BCUT2D eigenvalue weighted by atomic mass is 35.5. The van der Waals surface area contributed by atoms with Crippen LogP contribution in [0.15, 0.2) is 53.6 Å². The molecule has 0 fully saturated rings. The smallest absolute Gasteiger partial charge is 0.115 e. The summed E-state index contributed by atoms with van der Waals surface area (Å²) in [5.41, 5.74) is 7.68. The highest BCUT2D eigenvalue weighted by Gasteiger charge is 2.23. The zero-order valence-corrected chi connectivity index (χ0v) is 17.4. The van der Waals surface area contributed by atoms with E-state index in [-0.39, 0.29) is 0 Å². The normalized spacial score (nSPS) is 13.0. The predicted molar refractivity (Wildman–Crippen MR) is 117 cm³/mol. The second-order valence-electron chi connectivity index (χ2n) is 7.16. The molecule has 1 aliphatic carbocycles. The Labute approximate surface area is 175 Å². The summed E-state index contributed by atoms with van der Waals surface area (Å²) in [6.07, 6.45) is 4.24. The number of hydrogen-bond acceptors (Lipinski definition) is 3. The van der Waals surface area contributed by atoms with Gasteiger partial charge >= 0.3 is 0 Å². The van der Waals surface area contributed by atoms with Gasteiger partial charge < -0.3 is 0 Å². The van der Waals surface area contributed by atoms with Crippen molar-refractivity contribution < 1.29 is 0 Å². The first-order valence-electron chi connectivity index (χ1n) is 9.56. The summed E-state index contributed by atoms with van der Waals surface area (Å²) in [7, 11) is 0. The van der Waals surface area contributed by atoms with Crippen molar-refractivity contribution in [2.75, 3.05) is 0 Å². The van der Waals surface area contributed by atoms with Gasteiger partial charge in [0.2, 0.25) is 0 Å². The molecule has 0 amide bonds. The second-order valence-corrected chi connectivity index (χ2v) is 8.53. The quantitative estimate of drug-likeness (QED) is 0.451. The van der Waals surface area contributed by atoms with Crippen molar-refractivity contribution in [3.05, 3.63) is 81.4 Å². The summed E-state index contributed by atoms with van der Waals surface area (Å²) >= 11 is 7.93. The number of thioether (sulfide) groups is 1. The lowest BCUT2D eigenvalue weighted by Crippen LogP contribution is -2.10. The van der Waals surface area contributed by atoms with Gasteiger partial charge in [-0.05, 0) is 55.4 Å². The van der Waals surface area contributed by atoms with Crippen molar-refractivity contribution in [3.63, 3.8) is 0 Å². The van der Waals surface area contributed by atoms with Crippen LogP contribution >= 0.6 is 23.4 Å². The Kier molecular flexibility index (Phi) is 5.71. The molecular formula is C24H21ClN2S. The molecule has 1 aliphatic rings. The molecule has 0 spiro atoms. The molecule has 2 nitrogen and oxygen atoms in total. The van der Waals surface area contributed by atoms with Crippen LogP contribution in [0.1, 0.15) is 40.7 Å². The number of pyridine rings is 1. The van der Waals surface area contributed by atoms with Crippen LogP contribution in [0.2, 0.25) is 5.02 Å². The minimum Gasteiger partial charge on any atom is -0.240 e. The van der Waals surface area contributed by atoms with Crippen LogP contribution in [0.4, 0.5) is 0 Å². The average molecular weight is 405 g/mol. The summed E-state index contributed by atoms with van der Waals surface area (Å²) in [5, 5.41) is 11.5. The molecule has 0 aliphatic heterocycles. The topological polar surface area (TPSA) is 36.7 Å². The van der Waals surface area contributed by atoms with Crippen molar-refractivity contribution in [2.24, 2.45) is 0 Å². The monoisotopic (exact) mass is 404 g/mol. The van der Waals surface area contributed by atoms with E-state index in [0.29, 0.717) is 5.75 Å². The summed E-state index contributed by atoms with van der Waals surface area (Å²) < 4.78 is 0. The van der Waals surface area contributed by atoms with Crippen LogP contribution < -0.4 is 0 Å². The van der Waals surface area contributed by atoms with Gasteiger partial charge in [-0.25, -0.2) is 4.98 Å². The maximum atomic E-state index is 9.89. The van der Waals surface area contributed by atoms with E-state index in [4.69, 9.17) is 16.6 Å². The second kappa shape index (κ2) is 8.39. The first kappa shape index (κ1) is 19.1. The number of halogens is 1. The molecule has 0 N–H and O–H groups in total. The minimum atomic E-state index is 0.702. The fourth-order valence-electron chi connectivity index (χ4n) is 3.73. The number of benzene rings is 2. The Hall–Kier alpha value is -2.28. The van der Waals surface area contributed by atoms with Crippen LogP contribution in [-0.4, -0.2) is 4.98 Å². The van der Waals surface area contributed by atoms with Gasteiger partial charge in [0, 0.05) is 16.3 Å². The first-order chi connectivity index (χ1) is 13.7. The highest BCUT2D eigenvalue weighted by Crippen LogP contribution is 2.38. The van der Waals surface area contributed by atoms with E-state index in [1.54, 1.807) is 11.8 Å². The van der Waals surface area contributed by atoms with Crippen LogP contribution in [0.3, 0.4) is 0 Å². The minimum absolute atomic E-state index is 0.702. The highest BCUT2D eigenvalue weighted by molar-refractivity contribution is 7.98. The summed E-state index contributed by atoms with van der Waals surface area (Å²) in [5.74, 6) is 0.702. The van der Waals surface area contributed by atoms with Crippen molar-refractivity contribution >= 4 is 23.4 Å². The van der Waals surface area contributed by atoms with E-state index in [2.05, 4.69) is 37.3 Å². The van der Waals surface area contributed by atoms with Gasteiger partial charge in [0.1, 0.15) is 11.1 Å². The van der Waals surface area contributed by atoms with E-state index in [1.807, 2.05) is 24.3 Å². The molecule has 0 unspecified atom stereocenters. The van der Waals surface area contributed by atoms with Gasteiger partial charge in [-0.15, -0.1) is 11.8 Å². The van der Waals surface area contributed by atoms with Crippen molar-refractivity contribution in [2.45, 2.75) is 43.4 Å². The molecule has 0 atom stereocenters. The van der Waals surface area contributed by atoms with E-state index < -0.39 is 0 Å². The van der Waals surface area contributed by atoms with Gasteiger partial charge in [-0.2, -0.15) is 5.26 Å². The Bertz CT molecular complexity index is 1050. The number of nitriles is 1. The molecular weight excluding hydrogens is 384 g/mol. The summed E-state index contributed by atoms with van der Waals surface area (Å²) in [4.78, 5) is 5.00. The van der Waals surface area contributed by atoms with Crippen molar-refractivity contribution in [3.8, 4) is 17.3 Å². The summed E-state index contributed by atoms with van der Waals surface area (Å²) in [6, 6.07) is 18.8. The standard InChI is InChI=1S/C24H21ClN2S/c1-16-10-12-17(13-11-16)23-20-8-4-3-7-19(20)21(14-26)24(27-23)28-15-18-6-2-5-9-22(18)25/h2,5-6,9-13H,3-4,7-8,15H2,1H3. The van der Waals surface area contributed by atoms with Gasteiger partial charge in [0.05, 0.1) is 11.3 Å². The third-order valence-corrected chi connectivity index (χ3v) is 6.63. The number of nitrogens with zero attached hydrogens (tertiary/aromatic N) is 2. The Morgan fingerprint density at radius 2 is 1.75 bits per heavy atom. The van der Waals surface area contributed by atoms with E-state index in [1.165, 1.54) is 16.7 Å².